The Labute approximate surface area is 148 Å². The van der Waals surface area contributed by atoms with Gasteiger partial charge in [0.05, 0.1) is 23.7 Å². The monoisotopic (exact) mass is 348 g/mol. The number of aliphatic hydroxyl groups is 3. The standard InChI is InChI=1S/C20H28O5/c1-9-10-7-11(21)14-19-6-4-5-18(2,3)12(19)8-13(25-17(19)24)20(14,15(9)22)16(10)23/h10-14,16-17,21,23-24H,1,4-8H2,2-3H3. The van der Waals surface area contributed by atoms with E-state index in [4.69, 9.17) is 4.74 Å². The van der Waals surface area contributed by atoms with E-state index in [0.717, 1.165) is 19.3 Å². The molecule has 25 heavy (non-hydrogen) atoms. The molecule has 2 saturated heterocycles. The van der Waals surface area contributed by atoms with E-state index in [1.165, 1.54) is 0 Å². The van der Waals surface area contributed by atoms with Gasteiger partial charge in [0.1, 0.15) is 0 Å². The number of hydrogen-bond acceptors (Lipinski definition) is 5. The number of aliphatic hydroxyl groups excluding tert-OH is 3. The molecular formula is C20H28O5. The van der Waals surface area contributed by atoms with Gasteiger partial charge in [0.15, 0.2) is 12.1 Å². The molecule has 4 bridgehead atoms. The SMILES string of the molecule is C=C1C(=O)C23C4CC5C(C)(C)CCCC5(C(O)O4)C2C(O)CC1C3O. The van der Waals surface area contributed by atoms with Crippen molar-refractivity contribution < 1.29 is 24.9 Å². The molecule has 0 aromatic heterocycles. The average Bonchev–Trinajstić information content (AvgIpc) is 2.65. The van der Waals surface area contributed by atoms with Crippen molar-refractivity contribution >= 4 is 5.78 Å². The van der Waals surface area contributed by atoms with Crippen LogP contribution in [0.2, 0.25) is 0 Å². The second kappa shape index (κ2) is 4.56. The van der Waals surface area contributed by atoms with Crippen LogP contribution in [0.4, 0.5) is 0 Å². The topological polar surface area (TPSA) is 87.0 Å². The van der Waals surface area contributed by atoms with Crippen LogP contribution in [0.25, 0.3) is 0 Å². The van der Waals surface area contributed by atoms with Crippen LogP contribution in [0.1, 0.15) is 46.0 Å². The third-order valence-electron chi connectivity index (χ3n) is 8.74. The summed E-state index contributed by atoms with van der Waals surface area (Å²) in [6, 6.07) is 0. The highest BCUT2D eigenvalue weighted by molar-refractivity contribution is 6.04. The van der Waals surface area contributed by atoms with E-state index in [1.54, 1.807) is 0 Å². The van der Waals surface area contributed by atoms with Crippen LogP contribution in [0, 0.1) is 34.0 Å². The normalized spacial score (nSPS) is 58.8. The van der Waals surface area contributed by atoms with E-state index >= 15 is 0 Å². The molecule has 0 amide bonds. The summed E-state index contributed by atoms with van der Waals surface area (Å²) < 4.78 is 5.99. The van der Waals surface area contributed by atoms with Crippen molar-refractivity contribution in [3.05, 3.63) is 12.2 Å². The zero-order valence-corrected chi connectivity index (χ0v) is 14.9. The van der Waals surface area contributed by atoms with Crippen LogP contribution in [-0.4, -0.2) is 45.7 Å². The largest absolute Gasteiger partial charge is 0.393 e. The maximum atomic E-state index is 13.3. The predicted octanol–water partition coefficient (Wildman–Crippen LogP) is 1.40. The molecule has 3 N–H and O–H groups in total. The Kier molecular flexibility index (Phi) is 2.99. The fraction of sp³-hybridized carbons (Fsp3) is 0.850. The Morgan fingerprint density at radius 2 is 1.88 bits per heavy atom. The Balaban J connectivity index is 1.76. The number of fused-ring (bicyclic) bond motifs is 2. The van der Waals surface area contributed by atoms with Crippen LogP contribution >= 0.6 is 0 Å². The van der Waals surface area contributed by atoms with E-state index in [1.807, 2.05) is 0 Å². The van der Waals surface area contributed by atoms with Gasteiger partial charge in [0.25, 0.3) is 0 Å². The summed E-state index contributed by atoms with van der Waals surface area (Å²) in [5, 5.41) is 33.2. The molecule has 6 rings (SSSR count). The molecule has 0 radical (unpaired) electrons. The summed E-state index contributed by atoms with van der Waals surface area (Å²) in [6.07, 6.45) is 0.652. The smallest absolute Gasteiger partial charge is 0.170 e. The fourth-order valence-corrected chi connectivity index (χ4v) is 7.90. The Hall–Kier alpha value is -0.750. The minimum Gasteiger partial charge on any atom is -0.393 e. The summed E-state index contributed by atoms with van der Waals surface area (Å²) in [7, 11) is 0. The molecular weight excluding hydrogens is 320 g/mol. The van der Waals surface area contributed by atoms with Crippen molar-refractivity contribution in [2.45, 2.75) is 70.6 Å². The first-order chi connectivity index (χ1) is 11.7. The van der Waals surface area contributed by atoms with Gasteiger partial charge in [0, 0.05) is 17.3 Å². The van der Waals surface area contributed by atoms with E-state index < -0.39 is 41.3 Å². The van der Waals surface area contributed by atoms with Gasteiger partial charge in [-0.2, -0.15) is 0 Å². The highest BCUT2D eigenvalue weighted by Crippen LogP contribution is 2.75. The molecule has 0 aromatic carbocycles. The second-order valence-electron chi connectivity index (χ2n) is 9.84. The molecule has 5 nitrogen and oxygen atoms in total. The number of Topliss-reactive ketones (excluding diaryl/α,β-unsaturated/α-hetero) is 1. The van der Waals surface area contributed by atoms with Gasteiger partial charge in [-0.15, -0.1) is 0 Å². The molecule has 5 heteroatoms. The van der Waals surface area contributed by atoms with Gasteiger partial charge in [-0.05, 0) is 42.6 Å². The highest BCUT2D eigenvalue weighted by atomic mass is 16.6. The van der Waals surface area contributed by atoms with Crippen LogP contribution in [0.5, 0.6) is 0 Å². The van der Waals surface area contributed by atoms with Gasteiger partial charge in [-0.25, -0.2) is 0 Å². The molecule has 2 aliphatic heterocycles. The van der Waals surface area contributed by atoms with Gasteiger partial charge in [-0.1, -0.05) is 26.8 Å². The van der Waals surface area contributed by atoms with Crippen molar-refractivity contribution in [2.75, 3.05) is 0 Å². The molecule has 6 fully saturated rings. The molecule has 2 heterocycles. The van der Waals surface area contributed by atoms with Gasteiger partial charge < -0.3 is 20.1 Å². The maximum absolute atomic E-state index is 13.3. The number of hydrogen-bond donors (Lipinski definition) is 3. The molecule has 4 aliphatic carbocycles. The Morgan fingerprint density at radius 3 is 2.60 bits per heavy atom. The summed E-state index contributed by atoms with van der Waals surface area (Å²) in [4.78, 5) is 13.3. The van der Waals surface area contributed by atoms with Crippen molar-refractivity contribution in [3.63, 3.8) is 0 Å². The first kappa shape index (κ1) is 16.4. The first-order valence-corrected chi connectivity index (χ1v) is 9.62. The second-order valence-corrected chi connectivity index (χ2v) is 9.84. The highest BCUT2D eigenvalue weighted by Gasteiger charge is 2.81. The third-order valence-corrected chi connectivity index (χ3v) is 8.74. The van der Waals surface area contributed by atoms with E-state index in [9.17, 15) is 20.1 Å². The van der Waals surface area contributed by atoms with Gasteiger partial charge >= 0.3 is 0 Å². The number of ether oxygens (including phenoxy) is 1. The molecule has 2 spiro atoms. The first-order valence-electron chi connectivity index (χ1n) is 9.62. The number of carbonyl (C=O) groups is 1. The summed E-state index contributed by atoms with van der Waals surface area (Å²) in [6.45, 7) is 8.39. The van der Waals surface area contributed by atoms with Crippen LogP contribution in [-0.2, 0) is 9.53 Å². The Bertz CT molecular complexity index is 671. The van der Waals surface area contributed by atoms with Crippen molar-refractivity contribution in [3.8, 4) is 0 Å². The van der Waals surface area contributed by atoms with E-state index in [2.05, 4.69) is 20.4 Å². The molecule has 138 valence electrons. The predicted molar refractivity (Wildman–Crippen MR) is 89.2 cm³/mol. The Morgan fingerprint density at radius 1 is 1.16 bits per heavy atom. The minimum absolute atomic E-state index is 0.0169. The molecule has 4 saturated carbocycles. The number of rotatable bonds is 0. The minimum atomic E-state index is -1.12. The van der Waals surface area contributed by atoms with Crippen LogP contribution in [0.15, 0.2) is 12.2 Å². The van der Waals surface area contributed by atoms with Crippen LogP contribution in [0.3, 0.4) is 0 Å². The lowest BCUT2D eigenvalue weighted by molar-refractivity contribution is -0.393. The van der Waals surface area contributed by atoms with Crippen molar-refractivity contribution in [1.29, 1.82) is 0 Å². The number of carbonyl (C=O) groups excluding carboxylic acids is 1. The molecule has 6 aliphatic rings. The molecule has 9 unspecified atom stereocenters. The van der Waals surface area contributed by atoms with Crippen LogP contribution < -0.4 is 0 Å². The lowest BCUT2D eigenvalue weighted by Crippen LogP contribution is -2.78. The molecule has 9 atom stereocenters. The molecule has 0 aromatic rings. The lowest BCUT2D eigenvalue weighted by atomic mass is 9.37. The zero-order valence-electron chi connectivity index (χ0n) is 14.9. The fourth-order valence-electron chi connectivity index (χ4n) is 7.90. The van der Waals surface area contributed by atoms with Gasteiger partial charge in [0.2, 0.25) is 0 Å². The van der Waals surface area contributed by atoms with E-state index in [0.29, 0.717) is 18.4 Å². The quantitative estimate of drug-likeness (QED) is 0.576. The summed E-state index contributed by atoms with van der Waals surface area (Å²) in [5.41, 5.74) is -1.34. The van der Waals surface area contributed by atoms with E-state index in [-0.39, 0.29) is 23.0 Å². The van der Waals surface area contributed by atoms with Gasteiger partial charge in [-0.3, -0.25) is 4.79 Å². The van der Waals surface area contributed by atoms with Crippen molar-refractivity contribution in [1.82, 2.24) is 0 Å². The van der Waals surface area contributed by atoms with Crippen molar-refractivity contribution in [2.24, 2.45) is 34.0 Å². The summed E-state index contributed by atoms with van der Waals surface area (Å²) >= 11 is 0. The third kappa shape index (κ3) is 1.51. The summed E-state index contributed by atoms with van der Waals surface area (Å²) in [5.74, 6) is -0.793. The average molecular weight is 348 g/mol. The zero-order chi connectivity index (χ0) is 17.9. The maximum Gasteiger partial charge on any atom is 0.170 e. The number of ketones is 1. The lowest BCUT2D eigenvalue weighted by Gasteiger charge is -2.72.